The van der Waals surface area contributed by atoms with Crippen molar-refractivity contribution < 1.29 is 9.53 Å². The van der Waals surface area contributed by atoms with Crippen LogP contribution in [0.2, 0.25) is 0 Å². The third-order valence-corrected chi connectivity index (χ3v) is 5.11. The number of aromatic nitrogens is 1. The summed E-state index contributed by atoms with van der Waals surface area (Å²) in [5.74, 6) is 1.57. The number of para-hydroxylation sites is 2. The molecule has 152 valence electrons. The van der Waals surface area contributed by atoms with E-state index in [9.17, 15) is 4.79 Å². The topological polar surface area (TPSA) is 70.1 Å². The van der Waals surface area contributed by atoms with Gasteiger partial charge in [-0.2, -0.15) is 0 Å². The number of nitrogens with one attached hydrogen (secondary N) is 1. The maximum Gasteiger partial charge on any atom is 0.265 e. The van der Waals surface area contributed by atoms with Crippen molar-refractivity contribution >= 4 is 52.9 Å². The first-order valence-corrected chi connectivity index (χ1v) is 9.81. The van der Waals surface area contributed by atoms with Crippen molar-refractivity contribution in [2.75, 3.05) is 38.7 Å². The molecule has 1 aromatic carbocycles. The number of carbonyl (C=O) groups excluding carboxylic acids is 1. The molecule has 0 spiro atoms. The summed E-state index contributed by atoms with van der Waals surface area (Å²) in [6.07, 6.45) is 0.808. The Labute approximate surface area is 186 Å². The Morgan fingerprint density at radius 2 is 2.21 bits per heavy atom. The lowest BCUT2D eigenvalue weighted by atomic mass is 10.2. The van der Waals surface area contributed by atoms with Crippen LogP contribution in [0.1, 0.15) is 17.1 Å². The van der Waals surface area contributed by atoms with Crippen molar-refractivity contribution in [3.05, 3.63) is 40.3 Å². The van der Waals surface area contributed by atoms with E-state index in [-0.39, 0.29) is 36.5 Å². The summed E-state index contributed by atoms with van der Waals surface area (Å²) < 4.78 is 5.48. The number of halogens is 1. The zero-order chi connectivity index (χ0) is 19.2. The fourth-order valence-corrected chi connectivity index (χ4v) is 3.62. The Morgan fingerprint density at radius 1 is 1.43 bits per heavy atom. The summed E-state index contributed by atoms with van der Waals surface area (Å²) >= 11 is 1.65. The van der Waals surface area contributed by atoms with Crippen LogP contribution in [0, 0.1) is 6.92 Å². The molecular formula is C19H26IN5O2S. The maximum atomic E-state index is 12.2. The summed E-state index contributed by atoms with van der Waals surface area (Å²) in [5.41, 5.74) is 1.88. The Kier molecular flexibility index (Phi) is 8.49. The molecule has 0 radical (unpaired) electrons. The number of rotatable bonds is 6. The van der Waals surface area contributed by atoms with Gasteiger partial charge in [0.1, 0.15) is 5.75 Å². The molecule has 2 heterocycles. The SMILES string of the molecule is CN=C(NCCCN1C(=O)COc2ccccc21)N(C)Cc1csc(C)n1.I. The van der Waals surface area contributed by atoms with E-state index in [0.717, 1.165) is 41.1 Å². The van der Waals surface area contributed by atoms with Crippen LogP contribution < -0.4 is 15.0 Å². The van der Waals surface area contributed by atoms with Gasteiger partial charge in [-0.15, -0.1) is 35.3 Å². The summed E-state index contributed by atoms with van der Waals surface area (Å²) in [6.45, 7) is 4.17. The highest BCUT2D eigenvalue weighted by Gasteiger charge is 2.24. The predicted octanol–water partition coefficient (Wildman–Crippen LogP) is 2.89. The minimum atomic E-state index is -0.00546. The zero-order valence-electron chi connectivity index (χ0n) is 16.3. The second-order valence-electron chi connectivity index (χ2n) is 6.34. The standard InChI is InChI=1S/C19H25N5O2S.HI/c1-14-22-15(13-27-14)11-23(3)19(20-2)21-9-6-10-24-16-7-4-5-8-17(16)26-12-18(24)25;/h4-5,7-8,13H,6,9-12H2,1-3H3,(H,20,21);1H. The van der Waals surface area contributed by atoms with Gasteiger partial charge in [0.15, 0.2) is 12.6 Å². The normalized spacial score (nSPS) is 13.5. The molecule has 1 N–H and O–H groups in total. The smallest absolute Gasteiger partial charge is 0.265 e. The molecule has 0 saturated heterocycles. The van der Waals surface area contributed by atoms with Crippen molar-refractivity contribution in [2.24, 2.45) is 4.99 Å². The average Bonchev–Trinajstić information content (AvgIpc) is 3.07. The van der Waals surface area contributed by atoms with Gasteiger partial charge in [0.05, 0.1) is 22.9 Å². The number of ether oxygens (including phenoxy) is 1. The molecule has 1 aromatic heterocycles. The van der Waals surface area contributed by atoms with Gasteiger partial charge in [0.2, 0.25) is 0 Å². The number of hydrogen-bond donors (Lipinski definition) is 1. The lowest BCUT2D eigenvalue weighted by Gasteiger charge is -2.29. The number of benzene rings is 1. The molecule has 2 aromatic rings. The van der Waals surface area contributed by atoms with Crippen LogP contribution in [0.15, 0.2) is 34.6 Å². The Hall–Kier alpha value is -1.88. The number of thiazole rings is 1. The van der Waals surface area contributed by atoms with Gasteiger partial charge < -0.3 is 19.9 Å². The summed E-state index contributed by atoms with van der Waals surface area (Å²) in [6, 6.07) is 7.65. The maximum absolute atomic E-state index is 12.2. The molecule has 7 nitrogen and oxygen atoms in total. The van der Waals surface area contributed by atoms with Gasteiger partial charge in [0, 0.05) is 32.6 Å². The largest absolute Gasteiger partial charge is 0.482 e. The van der Waals surface area contributed by atoms with E-state index in [4.69, 9.17) is 4.74 Å². The first kappa shape index (κ1) is 22.4. The Bertz CT molecular complexity index is 826. The molecule has 0 saturated carbocycles. The van der Waals surface area contributed by atoms with E-state index in [1.165, 1.54) is 0 Å². The van der Waals surface area contributed by atoms with Crippen LogP contribution in [0.5, 0.6) is 5.75 Å². The van der Waals surface area contributed by atoms with Crippen molar-refractivity contribution in [3.63, 3.8) is 0 Å². The van der Waals surface area contributed by atoms with Crippen LogP contribution in [0.3, 0.4) is 0 Å². The van der Waals surface area contributed by atoms with Gasteiger partial charge in [-0.1, -0.05) is 12.1 Å². The molecule has 9 heteroatoms. The van der Waals surface area contributed by atoms with Crippen LogP contribution in [0.25, 0.3) is 0 Å². The van der Waals surface area contributed by atoms with Crippen LogP contribution in [-0.2, 0) is 11.3 Å². The minimum Gasteiger partial charge on any atom is -0.482 e. The molecule has 1 aliphatic heterocycles. The monoisotopic (exact) mass is 515 g/mol. The Morgan fingerprint density at radius 3 is 2.93 bits per heavy atom. The second-order valence-corrected chi connectivity index (χ2v) is 7.41. The van der Waals surface area contributed by atoms with Crippen LogP contribution >= 0.6 is 35.3 Å². The zero-order valence-corrected chi connectivity index (χ0v) is 19.5. The number of guanidine groups is 1. The number of amides is 1. The van der Waals surface area contributed by atoms with Gasteiger partial charge >= 0.3 is 0 Å². The molecule has 1 amide bonds. The quantitative estimate of drug-likeness (QED) is 0.278. The van der Waals surface area contributed by atoms with Gasteiger partial charge in [-0.3, -0.25) is 9.79 Å². The van der Waals surface area contributed by atoms with E-state index in [1.807, 2.05) is 43.1 Å². The van der Waals surface area contributed by atoms with Crippen LogP contribution in [-0.4, -0.2) is 55.5 Å². The average molecular weight is 515 g/mol. The third kappa shape index (κ3) is 5.57. The molecule has 3 rings (SSSR count). The van der Waals surface area contributed by atoms with E-state index >= 15 is 0 Å². The molecule has 1 aliphatic rings. The lowest BCUT2D eigenvalue weighted by molar-refractivity contribution is -0.121. The lowest BCUT2D eigenvalue weighted by Crippen LogP contribution is -2.42. The van der Waals surface area contributed by atoms with E-state index in [2.05, 4.69) is 20.7 Å². The van der Waals surface area contributed by atoms with Crippen molar-refractivity contribution in [1.82, 2.24) is 15.2 Å². The highest BCUT2D eigenvalue weighted by molar-refractivity contribution is 14.0. The number of aryl methyl sites for hydroxylation is 1. The van der Waals surface area contributed by atoms with Gasteiger partial charge in [-0.05, 0) is 25.5 Å². The van der Waals surface area contributed by atoms with Crippen molar-refractivity contribution in [1.29, 1.82) is 0 Å². The van der Waals surface area contributed by atoms with Gasteiger partial charge in [-0.25, -0.2) is 4.98 Å². The fraction of sp³-hybridized carbons (Fsp3) is 0.421. The molecule has 0 unspecified atom stereocenters. The number of hydrogen-bond acceptors (Lipinski definition) is 5. The molecule has 0 aliphatic carbocycles. The first-order valence-electron chi connectivity index (χ1n) is 8.93. The molecule has 0 atom stereocenters. The number of fused-ring (bicyclic) bond motifs is 1. The highest BCUT2D eigenvalue weighted by Crippen LogP contribution is 2.31. The number of carbonyl (C=O) groups is 1. The number of anilines is 1. The summed E-state index contributed by atoms with van der Waals surface area (Å²) in [7, 11) is 3.76. The number of aliphatic imine (C=N–C) groups is 1. The minimum absolute atomic E-state index is 0. The molecule has 0 fully saturated rings. The number of nitrogens with zero attached hydrogens (tertiary/aromatic N) is 4. The van der Waals surface area contributed by atoms with E-state index in [1.54, 1.807) is 23.3 Å². The Balaban J connectivity index is 0.00000280. The van der Waals surface area contributed by atoms with E-state index in [0.29, 0.717) is 13.1 Å². The predicted molar refractivity (Wildman–Crippen MR) is 124 cm³/mol. The highest BCUT2D eigenvalue weighted by atomic mass is 127. The first-order chi connectivity index (χ1) is 13.1. The van der Waals surface area contributed by atoms with Crippen molar-refractivity contribution in [2.45, 2.75) is 19.9 Å². The molecule has 28 heavy (non-hydrogen) atoms. The third-order valence-electron chi connectivity index (χ3n) is 4.29. The van der Waals surface area contributed by atoms with Gasteiger partial charge in [0.25, 0.3) is 5.91 Å². The van der Waals surface area contributed by atoms with Crippen molar-refractivity contribution in [3.8, 4) is 5.75 Å². The second kappa shape index (κ2) is 10.6. The van der Waals surface area contributed by atoms with Crippen LogP contribution in [0.4, 0.5) is 5.69 Å². The fourth-order valence-electron chi connectivity index (χ4n) is 3.02. The summed E-state index contributed by atoms with van der Waals surface area (Å²) in [4.78, 5) is 24.9. The summed E-state index contributed by atoms with van der Waals surface area (Å²) in [5, 5.41) is 6.49. The molecule has 0 bridgehead atoms. The van der Waals surface area contributed by atoms with E-state index < -0.39 is 0 Å². The molecular weight excluding hydrogens is 489 g/mol.